The van der Waals surface area contributed by atoms with Gasteiger partial charge < -0.3 is 15.7 Å². The summed E-state index contributed by atoms with van der Waals surface area (Å²) in [5.41, 5.74) is 0.665. The number of benzene rings is 1. The van der Waals surface area contributed by atoms with E-state index in [9.17, 15) is 14.7 Å². The second kappa shape index (κ2) is 6.52. The van der Waals surface area contributed by atoms with Gasteiger partial charge in [0, 0.05) is 16.7 Å². The molecule has 0 bridgehead atoms. The van der Waals surface area contributed by atoms with Crippen LogP contribution in [0.4, 0.5) is 5.69 Å². The van der Waals surface area contributed by atoms with Crippen molar-refractivity contribution in [3.63, 3.8) is 0 Å². The van der Waals surface area contributed by atoms with Crippen LogP contribution in [0.1, 0.15) is 39.4 Å². The number of anilines is 1. The lowest BCUT2D eigenvalue weighted by atomic mass is 9.96. The van der Waals surface area contributed by atoms with Gasteiger partial charge in [-0.05, 0) is 13.0 Å². The molecular weight excluding hydrogens is 256 g/mol. The maximum Gasteiger partial charge on any atom is 0.243 e. The molecule has 1 aromatic rings. The van der Waals surface area contributed by atoms with Crippen LogP contribution in [0.2, 0.25) is 0 Å². The van der Waals surface area contributed by atoms with Gasteiger partial charge in [-0.3, -0.25) is 9.59 Å². The first-order chi connectivity index (χ1) is 9.21. The molecule has 0 saturated carbocycles. The van der Waals surface area contributed by atoms with E-state index in [4.69, 9.17) is 0 Å². The molecule has 0 spiro atoms. The van der Waals surface area contributed by atoms with Gasteiger partial charge >= 0.3 is 0 Å². The van der Waals surface area contributed by atoms with Crippen molar-refractivity contribution in [2.45, 2.75) is 33.8 Å². The Bertz CT molecular complexity index is 490. The van der Waals surface area contributed by atoms with Gasteiger partial charge in [0.25, 0.3) is 0 Å². The zero-order chi connectivity index (χ0) is 15.3. The Morgan fingerprint density at radius 2 is 1.85 bits per heavy atom. The summed E-state index contributed by atoms with van der Waals surface area (Å²) < 4.78 is 0. The van der Waals surface area contributed by atoms with Crippen molar-refractivity contribution in [1.29, 1.82) is 0 Å². The largest absolute Gasteiger partial charge is 0.389 e. The van der Waals surface area contributed by atoms with Gasteiger partial charge in [0.15, 0.2) is 0 Å². The van der Waals surface area contributed by atoms with Gasteiger partial charge in [-0.1, -0.05) is 39.0 Å². The minimum atomic E-state index is -0.671. The molecule has 0 saturated heterocycles. The van der Waals surface area contributed by atoms with Crippen molar-refractivity contribution in [3.05, 3.63) is 29.8 Å². The predicted molar refractivity (Wildman–Crippen MR) is 78.2 cm³/mol. The van der Waals surface area contributed by atoms with Crippen LogP contribution in [0.15, 0.2) is 24.3 Å². The van der Waals surface area contributed by atoms with E-state index in [1.165, 1.54) is 0 Å². The molecule has 5 nitrogen and oxygen atoms in total. The van der Waals surface area contributed by atoms with Crippen LogP contribution >= 0.6 is 0 Å². The Morgan fingerprint density at radius 3 is 2.40 bits per heavy atom. The van der Waals surface area contributed by atoms with Crippen LogP contribution in [0.3, 0.4) is 0 Å². The molecular formula is C15H22N2O3. The molecule has 1 aromatic carbocycles. The number of amides is 2. The minimum Gasteiger partial charge on any atom is -0.389 e. The molecule has 0 fully saturated rings. The molecule has 2 amide bonds. The van der Waals surface area contributed by atoms with E-state index in [2.05, 4.69) is 10.6 Å². The number of nitrogens with one attached hydrogen (secondary N) is 2. The fourth-order valence-electron chi connectivity index (χ4n) is 1.60. The molecule has 1 unspecified atom stereocenters. The third-order valence-electron chi connectivity index (χ3n) is 2.78. The molecule has 0 aliphatic heterocycles. The van der Waals surface area contributed by atoms with Crippen LogP contribution in [0.5, 0.6) is 0 Å². The summed E-state index contributed by atoms with van der Waals surface area (Å²) in [5, 5.41) is 14.9. The van der Waals surface area contributed by atoms with Gasteiger partial charge in [-0.2, -0.15) is 0 Å². The summed E-state index contributed by atoms with van der Waals surface area (Å²) in [5.74, 6) is -0.507. The van der Waals surface area contributed by atoms with Crippen molar-refractivity contribution in [2.75, 3.05) is 11.9 Å². The Balaban J connectivity index is 2.62. The van der Waals surface area contributed by atoms with Crippen LogP contribution in [-0.4, -0.2) is 23.5 Å². The van der Waals surface area contributed by atoms with Crippen molar-refractivity contribution < 1.29 is 14.7 Å². The SMILES string of the molecule is CC(O)c1ccccc1NC(=O)CNC(=O)C(C)(C)C. The first-order valence-corrected chi connectivity index (χ1v) is 6.57. The molecule has 0 aliphatic carbocycles. The van der Waals surface area contributed by atoms with E-state index < -0.39 is 11.5 Å². The smallest absolute Gasteiger partial charge is 0.243 e. The van der Waals surface area contributed by atoms with Gasteiger partial charge in [-0.15, -0.1) is 0 Å². The van der Waals surface area contributed by atoms with Crippen LogP contribution in [-0.2, 0) is 9.59 Å². The van der Waals surface area contributed by atoms with E-state index >= 15 is 0 Å². The summed E-state index contributed by atoms with van der Waals surface area (Å²) >= 11 is 0. The summed E-state index contributed by atoms with van der Waals surface area (Å²) in [6.45, 7) is 6.88. The number of rotatable bonds is 4. The third kappa shape index (κ3) is 4.66. The molecule has 0 aromatic heterocycles. The number of carbonyl (C=O) groups excluding carboxylic acids is 2. The number of hydrogen-bond acceptors (Lipinski definition) is 3. The fourth-order valence-corrected chi connectivity index (χ4v) is 1.60. The second-order valence-electron chi connectivity index (χ2n) is 5.74. The number of carbonyl (C=O) groups is 2. The highest BCUT2D eigenvalue weighted by molar-refractivity contribution is 5.95. The summed E-state index contributed by atoms with van der Waals surface area (Å²) in [4.78, 5) is 23.5. The highest BCUT2D eigenvalue weighted by Gasteiger charge is 2.21. The molecule has 0 aliphatic rings. The predicted octanol–water partition coefficient (Wildman–Crippen LogP) is 1.84. The molecule has 20 heavy (non-hydrogen) atoms. The fraction of sp³-hybridized carbons (Fsp3) is 0.467. The van der Waals surface area contributed by atoms with Gasteiger partial charge in [-0.25, -0.2) is 0 Å². The number of para-hydroxylation sites is 1. The minimum absolute atomic E-state index is 0.0930. The van der Waals surface area contributed by atoms with Crippen molar-refractivity contribution in [2.24, 2.45) is 5.41 Å². The molecule has 110 valence electrons. The number of aliphatic hydroxyl groups is 1. The quantitative estimate of drug-likeness (QED) is 0.786. The maximum atomic E-state index is 11.8. The molecule has 0 radical (unpaired) electrons. The topological polar surface area (TPSA) is 78.4 Å². The van der Waals surface area contributed by atoms with Gasteiger partial charge in [0.1, 0.15) is 0 Å². The summed E-state index contributed by atoms with van der Waals surface area (Å²) in [6.07, 6.45) is -0.671. The number of hydrogen-bond donors (Lipinski definition) is 3. The van der Waals surface area contributed by atoms with Gasteiger partial charge in [0.2, 0.25) is 11.8 Å². The molecule has 0 heterocycles. The molecule has 1 atom stereocenters. The molecule has 3 N–H and O–H groups in total. The average molecular weight is 278 g/mol. The van der Waals surface area contributed by atoms with E-state index in [0.717, 1.165) is 0 Å². The zero-order valence-corrected chi connectivity index (χ0v) is 12.4. The highest BCUT2D eigenvalue weighted by atomic mass is 16.3. The van der Waals surface area contributed by atoms with E-state index in [1.54, 1.807) is 52.0 Å². The Morgan fingerprint density at radius 1 is 1.25 bits per heavy atom. The normalized spacial score (nSPS) is 12.7. The Kier molecular flexibility index (Phi) is 5.27. The monoisotopic (exact) mass is 278 g/mol. The van der Waals surface area contributed by atoms with Crippen LogP contribution in [0.25, 0.3) is 0 Å². The lowest BCUT2D eigenvalue weighted by Gasteiger charge is -2.18. The third-order valence-corrected chi connectivity index (χ3v) is 2.78. The zero-order valence-electron chi connectivity index (χ0n) is 12.4. The van der Waals surface area contributed by atoms with Crippen molar-refractivity contribution in [1.82, 2.24) is 5.32 Å². The highest BCUT2D eigenvalue weighted by Crippen LogP contribution is 2.21. The van der Waals surface area contributed by atoms with Crippen LogP contribution in [0, 0.1) is 5.41 Å². The maximum absolute atomic E-state index is 11.8. The molecule has 1 rings (SSSR count). The van der Waals surface area contributed by atoms with Gasteiger partial charge in [0.05, 0.1) is 12.6 Å². The first kappa shape index (κ1) is 16.2. The standard InChI is InChI=1S/C15H22N2O3/c1-10(18)11-7-5-6-8-12(11)17-13(19)9-16-14(20)15(2,3)4/h5-8,10,18H,9H2,1-4H3,(H,16,20)(H,17,19). The van der Waals surface area contributed by atoms with E-state index in [-0.39, 0.29) is 18.4 Å². The Hall–Kier alpha value is -1.88. The van der Waals surface area contributed by atoms with E-state index in [1.807, 2.05) is 0 Å². The van der Waals surface area contributed by atoms with E-state index in [0.29, 0.717) is 11.3 Å². The van der Waals surface area contributed by atoms with Crippen molar-refractivity contribution in [3.8, 4) is 0 Å². The lowest BCUT2D eigenvalue weighted by molar-refractivity contribution is -0.130. The first-order valence-electron chi connectivity index (χ1n) is 6.57. The second-order valence-corrected chi connectivity index (χ2v) is 5.74. The van der Waals surface area contributed by atoms with Crippen molar-refractivity contribution >= 4 is 17.5 Å². The molecule has 5 heteroatoms. The lowest BCUT2D eigenvalue weighted by Crippen LogP contribution is -2.39. The summed E-state index contributed by atoms with van der Waals surface area (Å²) in [7, 11) is 0. The average Bonchev–Trinajstić information content (AvgIpc) is 2.35. The van der Waals surface area contributed by atoms with Crippen LogP contribution < -0.4 is 10.6 Å². The Labute approximate surface area is 119 Å². The summed E-state index contributed by atoms with van der Waals surface area (Å²) in [6, 6.07) is 7.02. The number of aliphatic hydroxyl groups excluding tert-OH is 1.